The summed E-state index contributed by atoms with van der Waals surface area (Å²) in [5.41, 5.74) is 2.05. The fourth-order valence-electron chi connectivity index (χ4n) is 1.95. The van der Waals surface area contributed by atoms with Crippen molar-refractivity contribution in [2.24, 2.45) is 0 Å². The number of esters is 1. The van der Waals surface area contributed by atoms with E-state index in [2.05, 4.69) is 5.32 Å². The normalized spacial score (nSPS) is 10.2. The number of carbonyl (C=O) groups is 2. The van der Waals surface area contributed by atoms with Crippen molar-refractivity contribution in [3.8, 4) is 0 Å². The summed E-state index contributed by atoms with van der Waals surface area (Å²) in [5, 5.41) is 3.59. The molecule has 120 valence electrons. The number of benzene rings is 2. The van der Waals surface area contributed by atoms with E-state index < -0.39 is 0 Å². The molecule has 0 atom stereocenters. The fourth-order valence-corrected chi connectivity index (χ4v) is 2.46. The van der Waals surface area contributed by atoms with Crippen molar-refractivity contribution in [1.29, 1.82) is 0 Å². The topological polar surface area (TPSA) is 55.4 Å². The summed E-state index contributed by atoms with van der Waals surface area (Å²) in [6.07, 6.45) is 0.127. The van der Waals surface area contributed by atoms with Crippen molar-refractivity contribution in [1.82, 2.24) is 0 Å². The molecule has 0 bridgehead atoms. The van der Waals surface area contributed by atoms with Crippen LogP contribution >= 0.6 is 23.2 Å². The molecule has 0 aliphatic heterocycles. The van der Waals surface area contributed by atoms with Crippen LogP contribution in [0, 0.1) is 0 Å². The molecule has 2 rings (SSSR count). The lowest BCUT2D eigenvalue weighted by molar-refractivity contribution is -0.144. The SMILES string of the molecule is CC(=O)Nc1ccc(CC(=O)OCc2c(Cl)cccc2Cl)cc1. The highest BCUT2D eigenvalue weighted by atomic mass is 35.5. The molecule has 0 aliphatic rings. The first-order valence-corrected chi connectivity index (χ1v) is 7.66. The molecule has 0 saturated carbocycles. The van der Waals surface area contributed by atoms with Crippen LogP contribution in [0.3, 0.4) is 0 Å². The summed E-state index contributed by atoms with van der Waals surface area (Å²) in [7, 11) is 0. The molecule has 23 heavy (non-hydrogen) atoms. The molecule has 4 nitrogen and oxygen atoms in total. The van der Waals surface area contributed by atoms with E-state index in [9.17, 15) is 9.59 Å². The Hall–Kier alpha value is -2.04. The van der Waals surface area contributed by atoms with Crippen LogP contribution in [0.25, 0.3) is 0 Å². The Labute approximate surface area is 144 Å². The Morgan fingerprint density at radius 3 is 2.22 bits per heavy atom. The Kier molecular flexibility index (Phi) is 6.02. The van der Waals surface area contributed by atoms with Crippen LogP contribution in [0.15, 0.2) is 42.5 Å². The smallest absolute Gasteiger partial charge is 0.310 e. The highest BCUT2D eigenvalue weighted by molar-refractivity contribution is 6.35. The quantitative estimate of drug-likeness (QED) is 0.819. The van der Waals surface area contributed by atoms with Gasteiger partial charge in [0.2, 0.25) is 5.91 Å². The van der Waals surface area contributed by atoms with E-state index in [1.54, 1.807) is 42.5 Å². The molecule has 1 amide bonds. The molecule has 0 aromatic heterocycles. The number of halogens is 2. The first-order chi connectivity index (χ1) is 11.0. The van der Waals surface area contributed by atoms with Crippen LogP contribution in [0.4, 0.5) is 5.69 Å². The summed E-state index contributed by atoms with van der Waals surface area (Å²) < 4.78 is 5.21. The van der Waals surface area contributed by atoms with Gasteiger partial charge in [0, 0.05) is 28.2 Å². The molecule has 0 heterocycles. The zero-order valence-corrected chi connectivity index (χ0v) is 13.9. The highest BCUT2D eigenvalue weighted by Crippen LogP contribution is 2.25. The van der Waals surface area contributed by atoms with Gasteiger partial charge in [0.15, 0.2) is 0 Å². The zero-order valence-electron chi connectivity index (χ0n) is 12.4. The van der Waals surface area contributed by atoms with Crippen molar-refractivity contribution in [2.45, 2.75) is 20.0 Å². The number of amides is 1. The van der Waals surface area contributed by atoms with E-state index in [1.807, 2.05) is 0 Å². The van der Waals surface area contributed by atoms with E-state index in [4.69, 9.17) is 27.9 Å². The van der Waals surface area contributed by atoms with Gasteiger partial charge in [0.1, 0.15) is 6.61 Å². The van der Waals surface area contributed by atoms with Gasteiger partial charge in [0.05, 0.1) is 6.42 Å². The van der Waals surface area contributed by atoms with Crippen LogP contribution in [0.2, 0.25) is 10.0 Å². The third kappa shape index (κ3) is 5.27. The third-order valence-corrected chi connectivity index (χ3v) is 3.77. The van der Waals surface area contributed by atoms with Gasteiger partial charge < -0.3 is 10.1 Å². The predicted molar refractivity (Wildman–Crippen MR) is 90.7 cm³/mol. The fraction of sp³-hybridized carbons (Fsp3) is 0.176. The van der Waals surface area contributed by atoms with Gasteiger partial charge in [-0.25, -0.2) is 0 Å². The summed E-state index contributed by atoms with van der Waals surface area (Å²) in [5.74, 6) is -0.526. The monoisotopic (exact) mass is 351 g/mol. The molecule has 6 heteroatoms. The standard InChI is InChI=1S/C17H15Cl2NO3/c1-11(21)20-13-7-5-12(6-8-13)9-17(22)23-10-14-15(18)3-2-4-16(14)19/h2-8H,9-10H2,1H3,(H,20,21). The number of rotatable bonds is 5. The number of anilines is 1. The van der Waals surface area contributed by atoms with Crippen LogP contribution in [-0.4, -0.2) is 11.9 Å². The van der Waals surface area contributed by atoms with Gasteiger partial charge in [-0.15, -0.1) is 0 Å². The number of nitrogens with one attached hydrogen (secondary N) is 1. The van der Waals surface area contributed by atoms with Crippen molar-refractivity contribution < 1.29 is 14.3 Å². The average Bonchev–Trinajstić information content (AvgIpc) is 2.48. The molecule has 2 aromatic rings. The Balaban J connectivity index is 1.91. The zero-order chi connectivity index (χ0) is 16.8. The summed E-state index contributed by atoms with van der Waals surface area (Å²) in [6, 6.07) is 12.1. The Morgan fingerprint density at radius 1 is 1.04 bits per heavy atom. The van der Waals surface area contributed by atoms with Crippen LogP contribution in [-0.2, 0) is 27.4 Å². The molecule has 0 saturated heterocycles. The minimum Gasteiger partial charge on any atom is -0.460 e. The van der Waals surface area contributed by atoms with E-state index in [0.29, 0.717) is 21.3 Å². The van der Waals surface area contributed by atoms with E-state index in [-0.39, 0.29) is 24.9 Å². The van der Waals surface area contributed by atoms with Crippen molar-refractivity contribution in [3.05, 3.63) is 63.6 Å². The largest absolute Gasteiger partial charge is 0.460 e. The van der Waals surface area contributed by atoms with Crippen LogP contribution in [0.5, 0.6) is 0 Å². The molecule has 0 spiro atoms. The maximum Gasteiger partial charge on any atom is 0.310 e. The van der Waals surface area contributed by atoms with Gasteiger partial charge in [-0.1, -0.05) is 41.4 Å². The van der Waals surface area contributed by atoms with Gasteiger partial charge in [-0.05, 0) is 29.8 Å². The van der Waals surface area contributed by atoms with Gasteiger partial charge >= 0.3 is 5.97 Å². The second-order valence-corrected chi connectivity index (χ2v) is 5.73. The average molecular weight is 352 g/mol. The summed E-state index contributed by atoms with van der Waals surface area (Å²) >= 11 is 12.0. The predicted octanol–water partition coefficient (Wildman–Crippen LogP) is 4.24. The summed E-state index contributed by atoms with van der Waals surface area (Å²) in [4.78, 5) is 22.8. The van der Waals surface area contributed by atoms with Crippen LogP contribution < -0.4 is 5.32 Å². The second-order valence-electron chi connectivity index (χ2n) is 4.92. The lowest BCUT2D eigenvalue weighted by atomic mass is 10.1. The molecular formula is C17H15Cl2NO3. The van der Waals surface area contributed by atoms with Gasteiger partial charge in [-0.3, -0.25) is 9.59 Å². The molecular weight excluding hydrogens is 337 g/mol. The lowest BCUT2D eigenvalue weighted by Crippen LogP contribution is -2.09. The second kappa shape index (κ2) is 7.99. The molecule has 0 radical (unpaired) electrons. The Morgan fingerprint density at radius 2 is 1.65 bits per heavy atom. The third-order valence-electron chi connectivity index (χ3n) is 3.06. The van der Waals surface area contributed by atoms with E-state index >= 15 is 0 Å². The van der Waals surface area contributed by atoms with Gasteiger partial charge in [0.25, 0.3) is 0 Å². The molecule has 1 N–H and O–H groups in total. The lowest BCUT2D eigenvalue weighted by Gasteiger charge is -2.09. The van der Waals surface area contributed by atoms with Crippen LogP contribution in [0.1, 0.15) is 18.1 Å². The minimum atomic E-state index is -0.381. The molecule has 2 aromatic carbocycles. The first kappa shape index (κ1) is 17.3. The van der Waals surface area contributed by atoms with Gasteiger partial charge in [-0.2, -0.15) is 0 Å². The molecule has 0 aliphatic carbocycles. The van der Waals surface area contributed by atoms with E-state index in [0.717, 1.165) is 5.56 Å². The number of hydrogen-bond acceptors (Lipinski definition) is 3. The van der Waals surface area contributed by atoms with E-state index in [1.165, 1.54) is 6.92 Å². The number of carbonyl (C=O) groups excluding carboxylic acids is 2. The number of hydrogen-bond donors (Lipinski definition) is 1. The highest BCUT2D eigenvalue weighted by Gasteiger charge is 2.10. The maximum absolute atomic E-state index is 11.9. The van der Waals surface area contributed by atoms with Crippen molar-refractivity contribution in [2.75, 3.05) is 5.32 Å². The first-order valence-electron chi connectivity index (χ1n) is 6.91. The summed E-state index contributed by atoms with van der Waals surface area (Å²) in [6.45, 7) is 1.46. The van der Waals surface area contributed by atoms with Crippen molar-refractivity contribution in [3.63, 3.8) is 0 Å². The molecule has 0 unspecified atom stereocenters. The Bertz CT molecular complexity index is 694. The molecule has 0 fully saturated rings. The minimum absolute atomic E-state index is 0.0291. The number of ether oxygens (including phenoxy) is 1. The maximum atomic E-state index is 11.9. The van der Waals surface area contributed by atoms with Crippen molar-refractivity contribution >= 4 is 40.8 Å².